The molecule has 1 aromatic heterocycles. The fourth-order valence-electron chi connectivity index (χ4n) is 4.35. The number of ether oxygens (including phenoxy) is 1. The summed E-state index contributed by atoms with van der Waals surface area (Å²) in [4.78, 5) is 6.21. The predicted molar refractivity (Wildman–Crippen MR) is 86.1 cm³/mol. The van der Waals surface area contributed by atoms with Crippen molar-refractivity contribution < 1.29 is 4.74 Å². The van der Waals surface area contributed by atoms with Gasteiger partial charge in [-0.25, -0.2) is 0 Å². The van der Waals surface area contributed by atoms with Gasteiger partial charge < -0.3 is 14.6 Å². The topological polar surface area (TPSA) is 28.3 Å². The van der Waals surface area contributed by atoms with Crippen LogP contribution < -0.4 is 4.74 Å². The fraction of sp³-hybridized carbons (Fsp3) is 0.556. The summed E-state index contributed by atoms with van der Waals surface area (Å²) in [6, 6.07) is 6.47. The van der Waals surface area contributed by atoms with Crippen molar-refractivity contribution in [1.82, 2.24) is 9.88 Å². The smallest absolute Gasteiger partial charge is 0.120 e. The van der Waals surface area contributed by atoms with E-state index in [1.165, 1.54) is 49.1 Å². The van der Waals surface area contributed by atoms with Crippen LogP contribution in [0, 0.1) is 12.8 Å². The Labute approximate surface area is 126 Å². The van der Waals surface area contributed by atoms with Crippen molar-refractivity contribution in [2.24, 2.45) is 5.92 Å². The van der Waals surface area contributed by atoms with Crippen molar-refractivity contribution in [3.05, 3.63) is 29.5 Å². The number of aromatic amines is 1. The minimum atomic E-state index is 0.693. The highest BCUT2D eigenvalue weighted by Crippen LogP contribution is 2.43. The van der Waals surface area contributed by atoms with Gasteiger partial charge in [-0.3, -0.25) is 0 Å². The maximum Gasteiger partial charge on any atom is 0.120 e. The second-order valence-corrected chi connectivity index (χ2v) is 6.55. The molecule has 21 heavy (non-hydrogen) atoms. The molecule has 0 aliphatic carbocycles. The van der Waals surface area contributed by atoms with Gasteiger partial charge in [-0.2, -0.15) is 0 Å². The fourth-order valence-corrected chi connectivity index (χ4v) is 4.35. The summed E-state index contributed by atoms with van der Waals surface area (Å²) in [5.41, 5.74) is 4.14. The van der Waals surface area contributed by atoms with Gasteiger partial charge in [-0.05, 0) is 69.5 Å². The summed E-state index contributed by atoms with van der Waals surface area (Å²) in [6.45, 7) is 8.83. The number of rotatable bonds is 3. The summed E-state index contributed by atoms with van der Waals surface area (Å²) >= 11 is 0. The van der Waals surface area contributed by atoms with Crippen LogP contribution in [0.5, 0.6) is 5.75 Å². The Hall–Kier alpha value is -1.48. The lowest BCUT2D eigenvalue weighted by atomic mass is 9.75. The molecule has 2 bridgehead atoms. The Bertz CT molecular complexity index is 653. The number of aryl methyl sites for hydroxylation is 1. The molecule has 5 rings (SSSR count). The number of hydrogen-bond donors (Lipinski definition) is 1. The van der Waals surface area contributed by atoms with Crippen molar-refractivity contribution >= 4 is 10.9 Å². The lowest BCUT2D eigenvalue weighted by Gasteiger charge is -2.45. The van der Waals surface area contributed by atoms with E-state index in [1.807, 2.05) is 6.92 Å². The molecule has 0 saturated carbocycles. The Morgan fingerprint density at radius 3 is 2.76 bits per heavy atom. The Morgan fingerprint density at radius 2 is 2.10 bits per heavy atom. The standard InChI is InChI=1S/C18H24N2O/c1-3-21-14-4-5-17-15(10-14)18(12(2)19-17)16-11-20-8-6-13(16)7-9-20/h4-5,10,13,16,19H,3,6-9,11H2,1-2H3. The predicted octanol–water partition coefficient (Wildman–Crippen LogP) is 3.68. The van der Waals surface area contributed by atoms with Gasteiger partial charge in [-0.1, -0.05) is 0 Å². The van der Waals surface area contributed by atoms with Gasteiger partial charge in [0.25, 0.3) is 0 Å². The molecule has 3 nitrogen and oxygen atoms in total. The van der Waals surface area contributed by atoms with Crippen LogP contribution in [0.25, 0.3) is 10.9 Å². The molecule has 4 heterocycles. The van der Waals surface area contributed by atoms with Gasteiger partial charge in [0, 0.05) is 29.1 Å². The Morgan fingerprint density at radius 1 is 1.29 bits per heavy atom. The molecule has 1 atom stereocenters. The molecule has 0 spiro atoms. The van der Waals surface area contributed by atoms with Crippen LogP contribution in [0.1, 0.15) is 36.9 Å². The summed E-state index contributed by atoms with van der Waals surface area (Å²) in [5.74, 6) is 2.55. The third-order valence-electron chi connectivity index (χ3n) is 5.35. The second-order valence-electron chi connectivity index (χ2n) is 6.55. The summed E-state index contributed by atoms with van der Waals surface area (Å²) in [6.07, 6.45) is 2.73. The zero-order valence-corrected chi connectivity index (χ0v) is 13.0. The first-order valence-corrected chi connectivity index (χ1v) is 8.23. The zero-order chi connectivity index (χ0) is 14.4. The highest BCUT2D eigenvalue weighted by atomic mass is 16.5. The van der Waals surface area contributed by atoms with Crippen LogP contribution in [0.2, 0.25) is 0 Å². The van der Waals surface area contributed by atoms with E-state index in [0.717, 1.165) is 18.3 Å². The molecule has 3 heteroatoms. The van der Waals surface area contributed by atoms with Crippen molar-refractivity contribution in [2.75, 3.05) is 26.2 Å². The normalized spacial score (nSPS) is 28.2. The molecule has 3 saturated heterocycles. The van der Waals surface area contributed by atoms with E-state index in [-0.39, 0.29) is 0 Å². The summed E-state index contributed by atoms with van der Waals surface area (Å²) in [5, 5.41) is 1.37. The van der Waals surface area contributed by atoms with Crippen LogP contribution in [0.3, 0.4) is 0 Å². The van der Waals surface area contributed by atoms with Gasteiger partial charge in [0.1, 0.15) is 5.75 Å². The van der Waals surface area contributed by atoms with Crippen LogP contribution in [-0.4, -0.2) is 36.1 Å². The molecule has 3 aliphatic heterocycles. The lowest BCUT2D eigenvalue weighted by molar-refractivity contribution is 0.0874. The SMILES string of the molecule is CCOc1ccc2[nH]c(C)c(C3CN4CCC3CC4)c2c1. The number of piperidine rings is 3. The van der Waals surface area contributed by atoms with Gasteiger partial charge in [0.2, 0.25) is 0 Å². The van der Waals surface area contributed by atoms with Crippen molar-refractivity contribution in [3.63, 3.8) is 0 Å². The summed E-state index contributed by atoms with van der Waals surface area (Å²) < 4.78 is 5.70. The van der Waals surface area contributed by atoms with Crippen LogP contribution in [0.4, 0.5) is 0 Å². The third-order valence-corrected chi connectivity index (χ3v) is 5.35. The average Bonchev–Trinajstić information content (AvgIpc) is 2.84. The number of fused-ring (bicyclic) bond motifs is 4. The van der Waals surface area contributed by atoms with E-state index in [4.69, 9.17) is 4.74 Å². The quantitative estimate of drug-likeness (QED) is 0.931. The second kappa shape index (κ2) is 5.06. The van der Waals surface area contributed by atoms with E-state index in [2.05, 4.69) is 35.0 Å². The summed E-state index contributed by atoms with van der Waals surface area (Å²) in [7, 11) is 0. The molecule has 112 valence electrons. The minimum Gasteiger partial charge on any atom is -0.494 e. The van der Waals surface area contributed by atoms with E-state index in [1.54, 1.807) is 5.56 Å². The minimum absolute atomic E-state index is 0.693. The molecule has 1 aromatic carbocycles. The highest BCUT2D eigenvalue weighted by molar-refractivity contribution is 5.86. The number of H-pyrrole nitrogens is 1. The molecule has 0 amide bonds. The van der Waals surface area contributed by atoms with Crippen molar-refractivity contribution in [1.29, 1.82) is 0 Å². The van der Waals surface area contributed by atoms with E-state index >= 15 is 0 Å². The Balaban J connectivity index is 1.79. The maximum atomic E-state index is 5.70. The van der Waals surface area contributed by atoms with Crippen LogP contribution in [-0.2, 0) is 0 Å². The molecule has 3 fully saturated rings. The first kappa shape index (κ1) is 13.2. The molecule has 3 aliphatic rings. The highest BCUT2D eigenvalue weighted by Gasteiger charge is 2.36. The molecule has 1 unspecified atom stereocenters. The third kappa shape index (κ3) is 2.15. The number of nitrogens with one attached hydrogen (secondary N) is 1. The van der Waals surface area contributed by atoms with E-state index < -0.39 is 0 Å². The Kier molecular flexibility index (Phi) is 3.18. The number of nitrogens with zero attached hydrogens (tertiary/aromatic N) is 1. The number of aromatic nitrogens is 1. The number of benzene rings is 1. The van der Waals surface area contributed by atoms with Crippen molar-refractivity contribution in [2.45, 2.75) is 32.6 Å². The largest absolute Gasteiger partial charge is 0.494 e. The van der Waals surface area contributed by atoms with Gasteiger partial charge in [-0.15, -0.1) is 0 Å². The van der Waals surface area contributed by atoms with E-state index in [9.17, 15) is 0 Å². The van der Waals surface area contributed by atoms with E-state index in [0.29, 0.717) is 5.92 Å². The molecule has 1 N–H and O–H groups in total. The van der Waals surface area contributed by atoms with Crippen LogP contribution >= 0.6 is 0 Å². The molecule has 2 aromatic rings. The lowest BCUT2D eigenvalue weighted by Crippen LogP contribution is -2.46. The first-order chi connectivity index (χ1) is 10.3. The zero-order valence-electron chi connectivity index (χ0n) is 13.0. The first-order valence-electron chi connectivity index (χ1n) is 8.23. The van der Waals surface area contributed by atoms with Gasteiger partial charge in [0.15, 0.2) is 0 Å². The molecule has 0 radical (unpaired) electrons. The maximum absolute atomic E-state index is 5.70. The average molecular weight is 284 g/mol. The van der Waals surface area contributed by atoms with Gasteiger partial charge in [0.05, 0.1) is 6.61 Å². The van der Waals surface area contributed by atoms with Gasteiger partial charge >= 0.3 is 0 Å². The van der Waals surface area contributed by atoms with Crippen LogP contribution in [0.15, 0.2) is 18.2 Å². The monoisotopic (exact) mass is 284 g/mol. The molecular formula is C18H24N2O. The molecular weight excluding hydrogens is 260 g/mol. The number of hydrogen-bond acceptors (Lipinski definition) is 2. The van der Waals surface area contributed by atoms with Crippen molar-refractivity contribution in [3.8, 4) is 5.75 Å².